The molecule has 2 saturated heterocycles. The van der Waals surface area contributed by atoms with E-state index in [2.05, 4.69) is 14.5 Å². The van der Waals surface area contributed by atoms with Crippen LogP contribution in [0.25, 0.3) is 0 Å². The van der Waals surface area contributed by atoms with Crippen molar-refractivity contribution in [3.8, 4) is 0 Å². The van der Waals surface area contributed by atoms with E-state index in [0.29, 0.717) is 19.0 Å². The topological polar surface area (TPSA) is 61.7 Å². The van der Waals surface area contributed by atoms with E-state index in [4.69, 9.17) is 0 Å². The second-order valence-corrected chi connectivity index (χ2v) is 7.02. The van der Waals surface area contributed by atoms with Crippen molar-refractivity contribution in [1.29, 1.82) is 0 Å². The minimum Gasteiger partial charge on any atom is -0.341 e. The van der Waals surface area contributed by atoms with Crippen LogP contribution >= 0.6 is 0 Å². The Kier molecular flexibility index (Phi) is 4.89. The molecular formula is C17H27N5O2. The van der Waals surface area contributed by atoms with Crippen LogP contribution in [-0.4, -0.2) is 81.9 Å². The van der Waals surface area contributed by atoms with Gasteiger partial charge >= 0.3 is 0 Å². The maximum atomic E-state index is 13.0. The molecule has 1 aromatic rings. The molecule has 1 atom stereocenters. The molecule has 0 aromatic carbocycles. The van der Waals surface area contributed by atoms with Crippen LogP contribution in [0, 0.1) is 0 Å². The zero-order chi connectivity index (χ0) is 17.3. The number of aromatic nitrogens is 2. The molecular weight excluding hydrogens is 306 g/mol. The number of aryl methyl sites for hydroxylation is 1. The Hall–Kier alpha value is -1.89. The number of rotatable bonds is 2. The van der Waals surface area contributed by atoms with Crippen LogP contribution < -0.4 is 0 Å². The Morgan fingerprint density at radius 2 is 1.83 bits per heavy atom. The molecule has 7 heteroatoms. The van der Waals surface area contributed by atoms with Gasteiger partial charge in [0.05, 0.1) is 6.33 Å². The normalized spacial score (nSPS) is 23.5. The van der Waals surface area contributed by atoms with Crippen LogP contribution in [0.2, 0.25) is 0 Å². The molecule has 2 aliphatic rings. The number of carbonyl (C=O) groups is 2. The minimum absolute atomic E-state index is 0.00813. The number of hydrogen-bond acceptors (Lipinski definition) is 4. The molecule has 2 fully saturated rings. The van der Waals surface area contributed by atoms with Gasteiger partial charge in [-0.25, -0.2) is 4.98 Å². The number of carbonyl (C=O) groups excluding carboxylic acids is 2. The molecule has 0 spiro atoms. The van der Waals surface area contributed by atoms with Crippen molar-refractivity contribution in [3.05, 3.63) is 18.2 Å². The van der Waals surface area contributed by atoms with Gasteiger partial charge in [0.25, 0.3) is 0 Å². The SMILES string of the molecule is CC(=O)N1CCN(C)C[C@H]1C(=O)N1CCC(c2cncn2C)CC1. The molecule has 7 nitrogen and oxygen atoms in total. The maximum absolute atomic E-state index is 13.0. The highest BCUT2D eigenvalue weighted by atomic mass is 16.2. The summed E-state index contributed by atoms with van der Waals surface area (Å²) in [6.45, 7) is 5.14. The van der Waals surface area contributed by atoms with Crippen LogP contribution in [0.1, 0.15) is 31.4 Å². The number of likely N-dealkylation sites (tertiary alicyclic amines) is 1. The smallest absolute Gasteiger partial charge is 0.246 e. The van der Waals surface area contributed by atoms with E-state index in [9.17, 15) is 9.59 Å². The highest BCUT2D eigenvalue weighted by Gasteiger charge is 2.36. The molecule has 0 N–H and O–H groups in total. The molecule has 24 heavy (non-hydrogen) atoms. The third kappa shape index (κ3) is 3.31. The zero-order valence-electron chi connectivity index (χ0n) is 14.8. The molecule has 0 unspecified atom stereocenters. The number of piperazine rings is 1. The van der Waals surface area contributed by atoms with E-state index in [-0.39, 0.29) is 17.9 Å². The molecule has 3 heterocycles. The first-order chi connectivity index (χ1) is 11.5. The summed E-state index contributed by atoms with van der Waals surface area (Å²) < 4.78 is 2.07. The Balaban J connectivity index is 1.63. The Labute approximate surface area is 143 Å². The fourth-order valence-electron chi connectivity index (χ4n) is 3.87. The lowest BCUT2D eigenvalue weighted by molar-refractivity contribution is -0.148. The monoisotopic (exact) mass is 333 g/mol. The van der Waals surface area contributed by atoms with Crippen molar-refractivity contribution in [2.24, 2.45) is 7.05 Å². The largest absolute Gasteiger partial charge is 0.341 e. The Morgan fingerprint density at radius 1 is 1.12 bits per heavy atom. The summed E-state index contributed by atoms with van der Waals surface area (Å²) in [5.74, 6) is 0.547. The number of imidazole rings is 1. The highest BCUT2D eigenvalue weighted by Crippen LogP contribution is 2.28. The van der Waals surface area contributed by atoms with Gasteiger partial charge in [-0.15, -0.1) is 0 Å². The van der Waals surface area contributed by atoms with Gasteiger partial charge in [0.1, 0.15) is 6.04 Å². The van der Waals surface area contributed by atoms with Crippen molar-refractivity contribution < 1.29 is 9.59 Å². The molecule has 0 saturated carbocycles. The van der Waals surface area contributed by atoms with Gasteiger partial charge in [0, 0.05) is 64.5 Å². The van der Waals surface area contributed by atoms with Crippen molar-refractivity contribution in [2.45, 2.75) is 31.7 Å². The van der Waals surface area contributed by atoms with E-state index in [1.54, 1.807) is 11.8 Å². The van der Waals surface area contributed by atoms with Crippen LogP contribution in [0.5, 0.6) is 0 Å². The fourth-order valence-corrected chi connectivity index (χ4v) is 3.87. The summed E-state index contributed by atoms with van der Waals surface area (Å²) in [6.07, 6.45) is 5.66. The van der Waals surface area contributed by atoms with E-state index in [0.717, 1.165) is 32.5 Å². The number of amides is 2. The molecule has 2 aliphatic heterocycles. The molecule has 2 amide bonds. The number of likely N-dealkylation sites (N-methyl/N-ethyl adjacent to an activating group) is 1. The molecule has 1 aromatic heterocycles. The average Bonchev–Trinajstić information content (AvgIpc) is 3.00. The van der Waals surface area contributed by atoms with Crippen molar-refractivity contribution in [3.63, 3.8) is 0 Å². The van der Waals surface area contributed by atoms with Gasteiger partial charge < -0.3 is 19.3 Å². The second-order valence-electron chi connectivity index (χ2n) is 7.02. The maximum Gasteiger partial charge on any atom is 0.246 e. The molecule has 0 bridgehead atoms. The summed E-state index contributed by atoms with van der Waals surface area (Å²) >= 11 is 0. The van der Waals surface area contributed by atoms with E-state index in [1.165, 1.54) is 5.69 Å². The first-order valence-electron chi connectivity index (χ1n) is 8.68. The van der Waals surface area contributed by atoms with Gasteiger partial charge in [-0.2, -0.15) is 0 Å². The zero-order valence-corrected chi connectivity index (χ0v) is 14.8. The summed E-state index contributed by atoms with van der Waals surface area (Å²) in [5.41, 5.74) is 1.24. The molecule has 3 rings (SSSR count). The molecule has 132 valence electrons. The molecule has 0 aliphatic carbocycles. The van der Waals surface area contributed by atoms with Crippen LogP contribution in [0.4, 0.5) is 0 Å². The third-order valence-electron chi connectivity index (χ3n) is 5.35. The van der Waals surface area contributed by atoms with Crippen molar-refractivity contribution in [1.82, 2.24) is 24.3 Å². The first-order valence-corrected chi connectivity index (χ1v) is 8.68. The van der Waals surface area contributed by atoms with Gasteiger partial charge in [0.2, 0.25) is 11.8 Å². The summed E-state index contributed by atoms with van der Waals surface area (Å²) in [6, 6.07) is -0.338. The minimum atomic E-state index is -0.338. The number of piperidine rings is 1. The summed E-state index contributed by atoms with van der Waals surface area (Å²) in [7, 11) is 4.02. The predicted molar refractivity (Wildman–Crippen MR) is 90.4 cm³/mol. The highest BCUT2D eigenvalue weighted by molar-refractivity contribution is 5.87. The van der Waals surface area contributed by atoms with Crippen LogP contribution in [0.3, 0.4) is 0 Å². The molecule has 0 radical (unpaired) electrons. The van der Waals surface area contributed by atoms with Crippen molar-refractivity contribution >= 4 is 11.8 Å². The van der Waals surface area contributed by atoms with Crippen molar-refractivity contribution in [2.75, 3.05) is 39.8 Å². The second kappa shape index (κ2) is 6.93. The van der Waals surface area contributed by atoms with Gasteiger partial charge in [-0.05, 0) is 19.9 Å². The number of hydrogen-bond donors (Lipinski definition) is 0. The van der Waals surface area contributed by atoms with Gasteiger partial charge in [-0.3, -0.25) is 9.59 Å². The van der Waals surface area contributed by atoms with E-state index in [1.807, 2.05) is 31.5 Å². The number of nitrogens with zero attached hydrogens (tertiary/aromatic N) is 5. The van der Waals surface area contributed by atoms with Crippen LogP contribution in [-0.2, 0) is 16.6 Å². The quantitative estimate of drug-likeness (QED) is 0.780. The van der Waals surface area contributed by atoms with E-state index < -0.39 is 0 Å². The lowest BCUT2D eigenvalue weighted by Crippen LogP contribution is -2.60. The summed E-state index contributed by atoms with van der Waals surface area (Å²) in [4.78, 5) is 34.8. The van der Waals surface area contributed by atoms with Gasteiger partial charge in [-0.1, -0.05) is 0 Å². The fraction of sp³-hybridized carbons (Fsp3) is 0.706. The standard InChI is InChI=1S/C17H27N5O2/c1-13(23)22-9-8-19(2)11-16(22)17(24)21-6-4-14(5-7-21)15-10-18-12-20(15)3/h10,12,14,16H,4-9,11H2,1-3H3/t16-/m0/s1. The lowest BCUT2D eigenvalue weighted by atomic mass is 9.93. The summed E-state index contributed by atoms with van der Waals surface area (Å²) in [5, 5.41) is 0. The third-order valence-corrected chi connectivity index (χ3v) is 5.35. The predicted octanol–water partition coefficient (Wildman–Crippen LogP) is 0.289. The van der Waals surface area contributed by atoms with Crippen LogP contribution in [0.15, 0.2) is 12.5 Å². The van der Waals surface area contributed by atoms with E-state index >= 15 is 0 Å². The average molecular weight is 333 g/mol. The first kappa shape index (κ1) is 17.0. The van der Waals surface area contributed by atoms with Gasteiger partial charge in [0.15, 0.2) is 0 Å². The Morgan fingerprint density at radius 3 is 2.42 bits per heavy atom. The lowest BCUT2D eigenvalue weighted by Gasteiger charge is -2.42. The Bertz CT molecular complexity index is 606.